The molecule has 0 saturated carbocycles. The van der Waals surface area contributed by atoms with E-state index in [9.17, 15) is 4.79 Å². The highest BCUT2D eigenvalue weighted by Crippen LogP contribution is 2.26. The first-order chi connectivity index (χ1) is 14.6. The van der Waals surface area contributed by atoms with E-state index in [-0.39, 0.29) is 11.5 Å². The van der Waals surface area contributed by atoms with Crippen LogP contribution in [0.25, 0.3) is 11.5 Å². The predicted octanol–water partition coefficient (Wildman–Crippen LogP) is 5.42. The Morgan fingerprint density at radius 2 is 2.17 bits per heavy atom. The first kappa shape index (κ1) is 20.6. The molecule has 1 aliphatic rings. The third-order valence-corrected chi connectivity index (χ3v) is 6.38. The number of aryl methyl sites for hydroxylation is 1. The second kappa shape index (κ2) is 9.43. The molecule has 0 bridgehead atoms. The Morgan fingerprint density at radius 1 is 1.27 bits per heavy atom. The molecular formula is C23H26N4O2S. The molecule has 0 saturated heterocycles. The third-order valence-electron chi connectivity index (χ3n) is 5.56. The van der Waals surface area contributed by atoms with Crippen LogP contribution in [-0.2, 0) is 6.54 Å². The van der Waals surface area contributed by atoms with E-state index in [2.05, 4.69) is 32.7 Å². The summed E-state index contributed by atoms with van der Waals surface area (Å²) in [7, 11) is 0. The maximum Gasteiger partial charge on any atom is 0.277 e. The maximum absolute atomic E-state index is 12.8. The van der Waals surface area contributed by atoms with Crippen molar-refractivity contribution in [1.29, 1.82) is 0 Å². The number of thioether (sulfide) groups is 1. The van der Waals surface area contributed by atoms with Gasteiger partial charge in [0.05, 0.1) is 11.3 Å². The summed E-state index contributed by atoms with van der Waals surface area (Å²) < 4.78 is 7.92. The highest BCUT2D eigenvalue weighted by atomic mass is 32.2. The summed E-state index contributed by atoms with van der Waals surface area (Å²) in [4.78, 5) is 16.9. The Bertz CT molecular complexity index is 1050. The smallest absolute Gasteiger partial charge is 0.277 e. The monoisotopic (exact) mass is 422 g/mol. The van der Waals surface area contributed by atoms with Crippen molar-refractivity contribution >= 4 is 17.5 Å². The zero-order valence-corrected chi connectivity index (χ0v) is 18.2. The molecule has 3 aromatic heterocycles. The van der Waals surface area contributed by atoms with Crippen molar-refractivity contribution < 1.29 is 9.21 Å². The van der Waals surface area contributed by atoms with Gasteiger partial charge in [-0.2, -0.15) is 0 Å². The van der Waals surface area contributed by atoms with Crippen LogP contribution in [0.1, 0.15) is 53.8 Å². The van der Waals surface area contributed by atoms with Gasteiger partial charge < -0.3 is 8.98 Å². The topological polar surface area (TPSA) is 73.8 Å². The molecule has 0 unspecified atom stereocenters. The molecule has 1 aliphatic carbocycles. The number of hydrogen-bond acceptors (Lipinski definition) is 6. The van der Waals surface area contributed by atoms with Gasteiger partial charge in [-0.1, -0.05) is 23.4 Å². The molecule has 0 atom stereocenters. The van der Waals surface area contributed by atoms with Gasteiger partial charge in [-0.05, 0) is 64.2 Å². The molecule has 0 amide bonds. The fourth-order valence-electron chi connectivity index (χ4n) is 3.89. The zero-order valence-electron chi connectivity index (χ0n) is 17.4. The molecule has 0 fully saturated rings. The molecule has 0 spiro atoms. The first-order valence-corrected chi connectivity index (χ1v) is 11.3. The van der Waals surface area contributed by atoms with Crippen LogP contribution in [0.15, 0.2) is 51.9 Å². The minimum Gasteiger partial charge on any atom is -0.411 e. The summed E-state index contributed by atoms with van der Waals surface area (Å²) in [6.45, 7) is 5.04. The molecule has 0 aromatic carbocycles. The normalized spacial score (nSPS) is 14.0. The Morgan fingerprint density at radius 3 is 2.93 bits per heavy atom. The molecular weight excluding hydrogens is 396 g/mol. The van der Waals surface area contributed by atoms with Crippen LogP contribution in [0.5, 0.6) is 0 Å². The van der Waals surface area contributed by atoms with E-state index in [0.29, 0.717) is 11.1 Å². The molecule has 6 nitrogen and oxygen atoms in total. The van der Waals surface area contributed by atoms with Gasteiger partial charge in [0, 0.05) is 35.9 Å². The van der Waals surface area contributed by atoms with Gasteiger partial charge in [0.15, 0.2) is 5.78 Å². The number of carbonyl (C=O) groups is 1. The Labute approximate surface area is 180 Å². The Balaban J connectivity index is 1.38. The molecule has 30 heavy (non-hydrogen) atoms. The summed E-state index contributed by atoms with van der Waals surface area (Å²) in [5, 5.41) is 8.47. The van der Waals surface area contributed by atoms with E-state index >= 15 is 0 Å². The second-order valence-corrected chi connectivity index (χ2v) is 8.55. The largest absolute Gasteiger partial charge is 0.411 e. The lowest BCUT2D eigenvalue weighted by Gasteiger charge is -2.15. The van der Waals surface area contributed by atoms with Crippen molar-refractivity contribution in [3.8, 4) is 11.5 Å². The number of pyridine rings is 1. The maximum atomic E-state index is 12.8. The van der Waals surface area contributed by atoms with E-state index in [1.165, 1.54) is 37.4 Å². The number of nitrogens with zero attached hydrogens (tertiary/aromatic N) is 4. The lowest BCUT2D eigenvalue weighted by molar-refractivity contribution is 0.102. The van der Waals surface area contributed by atoms with Crippen LogP contribution in [0.4, 0.5) is 0 Å². The highest BCUT2D eigenvalue weighted by Gasteiger charge is 2.18. The van der Waals surface area contributed by atoms with E-state index in [4.69, 9.17) is 4.42 Å². The number of allylic oxidation sites excluding steroid dienone is 2. The van der Waals surface area contributed by atoms with Crippen LogP contribution in [-0.4, -0.2) is 31.3 Å². The number of Topliss-reactive ketones (excluding diaryl/α,β-unsaturated/α-hetero) is 1. The van der Waals surface area contributed by atoms with Gasteiger partial charge in [-0.25, -0.2) is 0 Å². The standard InChI is InChI=1S/C23H26N4O2S/c1-16-13-20(17(2)27(16)12-10-18-7-4-3-5-8-18)21(28)15-30-23-26-25-22(29-23)19-9-6-11-24-14-19/h6-7,9,11,13-14H,3-5,8,10,12,15H2,1-2H3. The number of aromatic nitrogens is 4. The molecule has 156 valence electrons. The van der Waals surface area contributed by atoms with Crippen LogP contribution in [0.3, 0.4) is 0 Å². The van der Waals surface area contributed by atoms with Crippen LogP contribution in [0, 0.1) is 13.8 Å². The third kappa shape index (κ3) is 4.73. The molecule has 0 N–H and O–H groups in total. The van der Waals surface area contributed by atoms with Crippen molar-refractivity contribution in [1.82, 2.24) is 19.7 Å². The second-order valence-electron chi connectivity index (χ2n) is 7.62. The predicted molar refractivity (Wildman–Crippen MR) is 118 cm³/mol. The van der Waals surface area contributed by atoms with Crippen molar-refractivity contribution in [2.45, 2.75) is 57.7 Å². The average Bonchev–Trinajstić information content (AvgIpc) is 3.36. The summed E-state index contributed by atoms with van der Waals surface area (Å²) >= 11 is 1.27. The summed E-state index contributed by atoms with van der Waals surface area (Å²) in [6, 6.07) is 5.68. The average molecular weight is 423 g/mol. The fraction of sp³-hybridized carbons (Fsp3) is 0.391. The summed E-state index contributed by atoms with van der Waals surface area (Å²) in [5.74, 6) is 0.759. The van der Waals surface area contributed by atoms with E-state index in [1.807, 2.05) is 25.1 Å². The SMILES string of the molecule is Cc1cc(C(=O)CSc2nnc(-c3cccnc3)o2)c(C)n1CCC1=CCCCC1. The number of carbonyl (C=O) groups excluding carboxylic acids is 1. The van der Waals surface area contributed by atoms with Crippen molar-refractivity contribution in [2.75, 3.05) is 5.75 Å². The highest BCUT2D eigenvalue weighted by molar-refractivity contribution is 7.99. The van der Waals surface area contributed by atoms with Crippen molar-refractivity contribution in [2.24, 2.45) is 0 Å². The molecule has 7 heteroatoms. The van der Waals surface area contributed by atoms with E-state index in [0.717, 1.165) is 35.5 Å². The van der Waals surface area contributed by atoms with Crippen LogP contribution in [0.2, 0.25) is 0 Å². The minimum atomic E-state index is 0.0809. The Kier molecular flexibility index (Phi) is 6.47. The number of ketones is 1. The Hall–Kier alpha value is -2.67. The van der Waals surface area contributed by atoms with Gasteiger partial charge in [-0.15, -0.1) is 10.2 Å². The quantitative estimate of drug-likeness (QED) is 0.274. The van der Waals surface area contributed by atoms with Gasteiger partial charge in [0.2, 0.25) is 5.89 Å². The zero-order chi connectivity index (χ0) is 20.9. The lowest BCUT2D eigenvalue weighted by Crippen LogP contribution is -2.08. The molecule has 0 radical (unpaired) electrons. The summed E-state index contributed by atoms with van der Waals surface area (Å²) in [5.41, 5.74) is 5.27. The van der Waals surface area contributed by atoms with Crippen LogP contribution >= 0.6 is 11.8 Å². The summed E-state index contributed by atoms with van der Waals surface area (Å²) in [6.07, 6.45) is 11.9. The first-order valence-electron chi connectivity index (χ1n) is 10.4. The number of rotatable bonds is 8. The van der Waals surface area contributed by atoms with Crippen molar-refractivity contribution in [3.63, 3.8) is 0 Å². The van der Waals surface area contributed by atoms with E-state index < -0.39 is 0 Å². The van der Waals surface area contributed by atoms with Crippen LogP contribution < -0.4 is 0 Å². The van der Waals surface area contributed by atoms with Gasteiger partial charge >= 0.3 is 0 Å². The minimum absolute atomic E-state index is 0.0809. The number of hydrogen-bond donors (Lipinski definition) is 0. The molecule has 4 rings (SSSR count). The van der Waals surface area contributed by atoms with Gasteiger partial charge in [0.1, 0.15) is 0 Å². The lowest BCUT2D eigenvalue weighted by atomic mass is 9.97. The fourth-order valence-corrected chi connectivity index (χ4v) is 4.54. The molecule has 0 aliphatic heterocycles. The van der Waals surface area contributed by atoms with E-state index in [1.54, 1.807) is 18.0 Å². The molecule has 3 aromatic rings. The van der Waals surface area contributed by atoms with Gasteiger partial charge in [0.25, 0.3) is 5.22 Å². The van der Waals surface area contributed by atoms with Crippen molar-refractivity contribution in [3.05, 3.63) is 59.2 Å². The van der Waals surface area contributed by atoms with Gasteiger partial charge in [-0.3, -0.25) is 9.78 Å². The molecule has 3 heterocycles.